The zero-order chi connectivity index (χ0) is 23.7. The molecule has 0 radical (unpaired) electrons. The highest BCUT2D eigenvalue weighted by molar-refractivity contribution is 6.00. The van der Waals surface area contributed by atoms with Gasteiger partial charge in [-0.05, 0) is 50.1 Å². The largest absolute Gasteiger partial charge is 0.496 e. The topological polar surface area (TPSA) is 76.7 Å². The van der Waals surface area contributed by atoms with Crippen LogP contribution in [0, 0.1) is 0 Å². The highest BCUT2D eigenvalue weighted by Gasteiger charge is 2.48. The van der Waals surface area contributed by atoms with Crippen LogP contribution in [0.4, 0.5) is 0 Å². The molecule has 1 N–H and O–H groups in total. The Morgan fingerprint density at radius 1 is 1.09 bits per heavy atom. The Hall–Kier alpha value is -3.48. The van der Waals surface area contributed by atoms with Gasteiger partial charge in [0, 0.05) is 11.6 Å². The lowest BCUT2D eigenvalue weighted by molar-refractivity contribution is -0.134. The van der Waals surface area contributed by atoms with Gasteiger partial charge in [0.15, 0.2) is 0 Å². The first-order chi connectivity index (χ1) is 16.5. The first kappa shape index (κ1) is 22.3. The molecule has 1 unspecified atom stereocenters. The summed E-state index contributed by atoms with van der Waals surface area (Å²) in [6.45, 7) is 2.48. The van der Waals surface area contributed by atoms with Gasteiger partial charge in [-0.15, -0.1) is 0 Å². The van der Waals surface area contributed by atoms with Gasteiger partial charge in [-0.2, -0.15) is 0 Å². The highest BCUT2D eigenvalue weighted by atomic mass is 16.5. The van der Waals surface area contributed by atoms with Crippen LogP contribution in [0.3, 0.4) is 0 Å². The molecule has 1 aliphatic carbocycles. The average molecular weight is 462 g/mol. The van der Waals surface area contributed by atoms with Gasteiger partial charge in [0.05, 0.1) is 32.2 Å². The summed E-state index contributed by atoms with van der Waals surface area (Å²) >= 11 is 0. The van der Waals surface area contributed by atoms with Gasteiger partial charge in [0.2, 0.25) is 5.91 Å². The highest BCUT2D eigenvalue weighted by Crippen LogP contribution is 2.35. The fraction of sp³-hybridized carbons (Fsp3) is 0.407. The Bertz CT molecular complexity index is 1180. The first-order valence-corrected chi connectivity index (χ1v) is 12.0. The van der Waals surface area contributed by atoms with E-state index in [0.717, 1.165) is 36.9 Å². The molecule has 2 aliphatic rings. The molecule has 1 saturated carbocycles. The molecule has 0 bridgehead atoms. The summed E-state index contributed by atoms with van der Waals surface area (Å²) in [6, 6.07) is 15.2. The maximum absolute atomic E-state index is 13.9. The number of fused-ring (bicyclic) bond motifs is 1. The Labute approximate surface area is 199 Å². The Morgan fingerprint density at radius 2 is 1.85 bits per heavy atom. The van der Waals surface area contributed by atoms with E-state index in [2.05, 4.69) is 5.32 Å². The van der Waals surface area contributed by atoms with E-state index in [1.807, 2.05) is 60.0 Å². The summed E-state index contributed by atoms with van der Waals surface area (Å²) in [4.78, 5) is 29.4. The monoisotopic (exact) mass is 461 g/mol. The maximum Gasteiger partial charge on any atom is 0.271 e. The Kier molecular flexibility index (Phi) is 5.94. The lowest BCUT2D eigenvalue weighted by Crippen LogP contribution is -2.64. The quantitative estimate of drug-likeness (QED) is 0.581. The summed E-state index contributed by atoms with van der Waals surface area (Å²) in [5.74, 6) is 1.07. The molecule has 2 amide bonds. The second kappa shape index (κ2) is 9.05. The summed E-state index contributed by atoms with van der Waals surface area (Å²) in [5.41, 5.74) is 1.12. The molecule has 5 rings (SSSR count). The van der Waals surface area contributed by atoms with Crippen molar-refractivity contribution in [2.75, 3.05) is 7.11 Å². The van der Waals surface area contributed by atoms with Crippen molar-refractivity contribution >= 4 is 11.8 Å². The van der Waals surface area contributed by atoms with Crippen molar-refractivity contribution in [2.24, 2.45) is 0 Å². The number of nitrogens with one attached hydrogen (secondary N) is 1. The molecular formula is C27H31N3O4. The van der Waals surface area contributed by atoms with Crippen LogP contribution < -0.4 is 10.1 Å². The molecule has 178 valence electrons. The number of para-hydroxylation sites is 1. The van der Waals surface area contributed by atoms with Crippen LogP contribution in [0.25, 0.3) is 11.5 Å². The van der Waals surface area contributed by atoms with Crippen LogP contribution >= 0.6 is 0 Å². The van der Waals surface area contributed by atoms with Gasteiger partial charge in [-0.3, -0.25) is 9.59 Å². The number of hydrogen-bond donors (Lipinski definition) is 1. The van der Waals surface area contributed by atoms with Gasteiger partial charge >= 0.3 is 0 Å². The third-order valence-corrected chi connectivity index (χ3v) is 7.23. The number of benzene rings is 1. The number of methoxy groups -OCH3 is 1. The number of hydrogen-bond acceptors (Lipinski definition) is 4. The van der Waals surface area contributed by atoms with E-state index in [4.69, 9.17) is 9.15 Å². The van der Waals surface area contributed by atoms with Crippen LogP contribution in [0.15, 0.2) is 59.2 Å². The fourth-order valence-corrected chi connectivity index (χ4v) is 5.25. The molecule has 1 aromatic carbocycles. The molecule has 0 spiro atoms. The number of nitrogens with zero attached hydrogens (tertiary/aromatic N) is 2. The van der Waals surface area contributed by atoms with Crippen molar-refractivity contribution in [1.82, 2.24) is 14.8 Å². The van der Waals surface area contributed by atoms with Gasteiger partial charge in [-0.1, -0.05) is 37.5 Å². The molecule has 1 fully saturated rings. The SMILES string of the molecule is COc1ccccc1CN1C(=O)c2ccc(-c3ccco3)n2CC1(C)C(=O)NC1CCCCC1. The number of carbonyl (C=O) groups is 2. The van der Waals surface area contributed by atoms with E-state index < -0.39 is 5.54 Å². The van der Waals surface area contributed by atoms with Gasteiger partial charge in [-0.25, -0.2) is 0 Å². The molecule has 0 saturated heterocycles. The van der Waals surface area contributed by atoms with Crippen molar-refractivity contribution in [3.63, 3.8) is 0 Å². The van der Waals surface area contributed by atoms with Crippen molar-refractivity contribution in [3.05, 3.63) is 66.1 Å². The lowest BCUT2D eigenvalue weighted by Gasteiger charge is -2.45. The summed E-state index contributed by atoms with van der Waals surface area (Å²) in [6.07, 6.45) is 7.03. The number of ether oxygens (including phenoxy) is 1. The standard InChI is InChI=1S/C27H31N3O4/c1-27(26(32)28-20-10-4-3-5-11-20)18-29-21(24-13-8-16-34-24)14-15-22(29)25(31)30(27)17-19-9-6-7-12-23(19)33-2/h6-9,12-16,20H,3-5,10-11,17-18H2,1-2H3,(H,28,32). The van der Waals surface area contributed by atoms with E-state index >= 15 is 0 Å². The summed E-state index contributed by atoms with van der Waals surface area (Å²) < 4.78 is 13.1. The van der Waals surface area contributed by atoms with Crippen LogP contribution in [-0.2, 0) is 17.9 Å². The van der Waals surface area contributed by atoms with E-state index in [0.29, 0.717) is 23.7 Å². The molecule has 1 atom stereocenters. The minimum Gasteiger partial charge on any atom is -0.496 e. The first-order valence-electron chi connectivity index (χ1n) is 12.0. The van der Waals surface area contributed by atoms with Crippen molar-refractivity contribution in [2.45, 2.75) is 63.7 Å². The third-order valence-electron chi connectivity index (χ3n) is 7.23. The van der Waals surface area contributed by atoms with E-state index in [1.54, 1.807) is 18.3 Å². The van der Waals surface area contributed by atoms with Gasteiger partial charge in [0.25, 0.3) is 5.91 Å². The Balaban J connectivity index is 1.54. The molecule has 7 nitrogen and oxygen atoms in total. The number of rotatable bonds is 6. The van der Waals surface area contributed by atoms with Crippen molar-refractivity contribution in [1.29, 1.82) is 0 Å². The van der Waals surface area contributed by atoms with Gasteiger partial charge in [0.1, 0.15) is 22.7 Å². The Morgan fingerprint density at radius 3 is 2.59 bits per heavy atom. The zero-order valence-corrected chi connectivity index (χ0v) is 19.8. The average Bonchev–Trinajstić information content (AvgIpc) is 3.52. The molecule has 34 heavy (non-hydrogen) atoms. The van der Waals surface area contributed by atoms with Crippen LogP contribution in [-0.4, -0.2) is 40.0 Å². The zero-order valence-electron chi connectivity index (χ0n) is 19.8. The van der Waals surface area contributed by atoms with E-state index in [-0.39, 0.29) is 24.4 Å². The van der Waals surface area contributed by atoms with Crippen molar-refractivity contribution < 1.29 is 18.7 Å². The second-order valence-electron chi connectivity index (χ2n) is 9.45. The normalized spacial score (nSPS) is 20.8. The molecule has 7 heteroatoms. The molecule has 3 heterocycles. The summed E-state index contributed by atoms with van der Waals surface area (Å²) in [5, 5.41) is 3.27. The molecule has 1 aliphatic heterocycles. The number of amides is 2. The lowest BCUT2D eigenvalue weighted by atomic mass is 9.91. The van der Waals surface area contributed by atoms with Crippen LogP contribution in [0.5, 0.6) is 5.75 Å². The molecular weight excluding hydrogens is 430 g/mol. The fourth-order valence-electron chi connectivity index (χ4n) is 5.25. The molecule has 3 aromatic rings. The van der Waals surface area contributed by atoms with E-state index in [9.17, 15) is 9.59 Å². The van der Waals surface area contributed by atoms with Crippen LogP contribution in [0.2, 0.25) is 0 Å². The second-order valence-corrected chi connectivity index (χ2v) is 9.45. The van der Waals surface area contributed by atoms with Crippen LogP contribution in [0.1, 0.15) is 55.1 Å². The van der Waals surface area contributed by atoms with E-state index in [1.165, 1.54) is 6.42 Å². The summed E-state index contributed by atoms with van der Waals surface area (Å²) in [7, 11) is 1.62. The molecule has 2 aromatic heterocycles. The maximum atomic E-state index is 13.9. The van der Waals surface area contributed by atoms with Gasteiger partial charge < -0.3 is 23.9 Å². The van der Waals surface area contributed by atoms with Crippen molar-refractivity contribution in [3.8, 4) is 17.2 Å². The number of aromatic nitrogens is 1. The third kappa shape index (κ3) is 3.89. The minimum atomic E-state index is -1.08. The predicted molar refractivity (Wildman–Crippen MR) is 128 cm³/mol. The number of furan rings is 1. The smallest absolute Gasteiger partial charge is 0.271 e. The predicted octanol–water partition coefficient (Wildman–Crippen LogP) is 4.62. The number of carbonyl (C=O) groups excluding carboxylic acids is 2. The minimum absolute atomic E-state index is 0.118.